The van der Waals surface area contributed by atoms with Crippen molar-refractivity contribution in [3.05, 3.63) is 65.2 Å². The van der Waals surface area contributed by atoms with Gasteiger partial charge in [-0.2, -0.15) is 0 Å². The minimum absolute atomic E-state index is 0.0934. The molecule has 0 bridgehead atoms. The number of carbonyl (C=O) groups is 2. The molecular formula is C18H21N3O4. The smallest absolute Gasteiger partial charge is 0.312 e. The number of rotatable bonds is 7. The predicted octanol–water partition coefficient (Wildman–Crippen LogP) is 1.33. The van der Waals surface area contributed by atoms with E-state index in [1.165, 1.54) is 0 Å². The zero-order valence-electron chi connectivity index (χ0n) is 13.9. The predicted molar refractivity (Wildman–Crippen MR) is 93.2 cm³/mol. The molecule has 0 aliphatic rings. The Kier molecular flexibility index (Phi) is 6.36. The SMILES string of the molecule is COc1ccc([C@@H](O)CNC(=O)c2ccc(CNC(N)=O)cc2)cc1. The molecule has 0 saturated heterocycles. The van der Waals surface area contributed by atoms with Gasteiger partial charge in [-0.3, -0.25) is 4.79 Å². The Hall–Kier alpha value is -3.06. The van der Waals surface area contributed by atoms with Gasteiger partial charge < -0.3 is 26.2 Å². The molecule has 0 aromatic heterocycles. The molecule has 0 saturated carbocycles. The molecule has 0 fully saturated rings. The number of carbonyl (C=O) groups excluding carboxylic acids is 2. The quantitative estimate of drug-likeness (QED) is 0.607. The third kappa shape index (κ3) is 5.50. The summed E-state index contributed by atoms with van der Waals surface area (Å²) < 4.78 is 5.06. The first-order valence-electron chi connectivity index (χ1n) is 7.72. The molecular weight excluding hydrogens is 322 g/mol. The van der Waals surface area contributed by atoms with E-state index < -0.39 is 12.1 Å². The van der Waals surface area contributed by atoms with Crippen molar-refractivity contribution in [3.8, 4) is 5.75 Å². The van der Waals surface area contributed by atoms with Crippen LogP contribution < -0.4 is 21.1 Å². The summed E-state index contributed by atoms with van der Waals surface area (Å²) in [4.78, 5) is 22.8. The lowest BCUT2D eigenvalue weighted by Gasteiger charge is -2.13. The minimum atomic E-state index is -0.811. The molecule has 7 nitrogen and oxygen atoms in total. The lowest BCUT2D eigenvalue weighted by molar-refractivity contribution is 0.0916. The van der Waals surface area contributed by atoms with Crippen LogP contribution in [0.5, 0.6) is 5.75 Å². The highest BCUT2D eigenvalue weighted by Gasteiger charge is 2.11. The maximum Gasteiger partial charge on any atom is 0.312 e. The molecule has 7 heteroatoms. The van der Waals surface area contributed by atoms with E-state index >= 15 is 0 Å². The largest absolute Gasteiger partial charge is 0.497 e. The Bertz CT molecular complexity index is 714. The van der Waals surface area contributed by atoms with Crippen LogP contribution in [-0.2, 0) is 6.54 Å². The Morgan fingerprint density at radius 1 is 1.08 bits per heavy atom. The number of aliphatic hydroxyl groups excluding tert-OH is 1. The summed E-state index contributed by atoms with van der Waals surface area (Å²) in [5.41, 5.74) is 6.98. The topological polar surface area (TPSA) is 114 Å². The van der Waals surface area contributed by atoms with Crippen molar-refractivity contribution in [1.29, 1.82) is 0 Å². The molecule has 5 N–H and O–H groups in total. The van der Waals surface area contributed by atoms with Crippen LogP contribution in [0.4, 0.5) is 4.79 Å². The number of nitrogens with two attached hydrogens (primary N) is 1. The molecule has 1 atom stereocenters. The minimum Gasteiger partial charge on any atom is -0.497 e. The monoisotopic (exact) mass is 343 g/mol. The van der Waals surface area contributed by atoms with Crippen molar-refractivity contribution in [2.24, 2.45) is 5.73 Å². The van der Waals surface area contributed by atoms with Crippen molar-refractivity contribution >= 4 is 11.9 Å². The van der Waals surface area contributed by atoms with E-state index in [0.717, 1.165) is 5.56 Å². The summed E-state index contributed by atoms with van der Waals surface area (Å²) in [6.07, 6.45) is -0.811. The van der Waals surface area contributed by atoms with Crippen molar-refractivity contribution in [2.45, 2.75) is 12.6 Å². The Morgan fingerprint density at radius 2 is 1.72 bits per heavy atom. The fourth-order valence-electron chi connectivity index (χ4n) is 2.20. The first kappa shape index (κ1) is 18.3. The number of amides is 3. The Labute approximate surface area is 145 Å². The fourth-order valence-corrected chi connectivity index (χ4v) is 2.20. The summed E-state index contributed by atoms with van der Waals surface area (Å²) >= 11 is 0. The van der Waals surface area contributed by atoms with E-state index in [4.69, 9.17) is 10.5 Å². The molecule has 25 heavy (non-hydrogen) atoms. The molecule has 0 spiro atoms. The first-order valence-corrected chi connectivity index (χ1v) is 7.72. The second kappa shape index (κ2) is 8.70. The number of aliphatic hydroxyl groups is 1. The molecule has 3 amide bonds. The number of methoxy groups -OCH3 is 1. The van der Waals surface area contributed by atoms with E-state index in [2.05, 4.69) is 10.6 Å². The lowest BCUT2D eigenvalue weighted by Crippen LogP contribution is -2.29. The summed E-state index contributed by atoms with van der Waals surface area (Å²) in [6.45, 7) is 0.392. The zero-order chi connectivity index (χ0) is 18.2. The van der Waals surface area contributed by atoms with E-state index in [0.29, 0.717) is 23.4 Å². The molecule has 2 aromatic rings. The summed E-state index contributed by atoms with van der Waals surface area (Å²) in [5, 5.41) is 15.3. The highest BCUT2D eigenvalue weighted by molar-refractivity contribution is 5.94. The maximum atomic E-state index is 12.1. The van der Waals surface area contributed by atoms with E-state index in [9.17, 15) is 14.7 Å². The van der Waals surface area contributed by atoms with E-state index in [-0.39, 0.29) is 12.5 Å². The second-order valence-corrected chi connectivity index (χ2v) is 5.41. The Balaban J connectivity index is 1.87. The van der Waals surface area contributed by atoms with Gasteiger partial charge in [0, 0.05) is 18.7 Å². The van der Waals surface area contributed by atoms with E-state index in [1.54, 1.807) is 55.6 Å². The van der Waals surface area contributed by atoms with Crippen molar-refractivity contribution in [2.75, 3.05) is 13.7 Å². The van der Waals surface area contributed by atoms with Gasteiger partial charge in [0.1, 0.15) is 5.75 Å². The number of hydrogen-bond acceptors (Lipinski definition) is 4. The Morgan fingerprint density at radius 3 is 2.28 bits per heavy atom. The van der Waals surface area contributed by atoms with Crippen molar-refractivity contribution in [1.82, 2.24) is 10.6 Å². The number of primary amides is 1. The van der Waals surface area contributed by atoms with Gasteiger partial charge >= 0.3 is 6.03 Å². The second-order valence-electron chi connectivity index (χ2n) is 5.41. The summed E-state index contributed by atoms with van der Waals surface area (Å²) in [5.74, 6) is 0.410. The summed E-state index contributed by atoms with van der Waals surface area (Å²) in [7, 11) is 1.57. The van der Waals surface area contributed by atoms with Crippen LogP contribution >= 0.6 is 0 Å². The van der Waals surface area contributed by atoms with Gasteiger partial charge in [-0.25, -0.2) is 4.79 Å². The first-order chi connectivity index (χ1) is 12.0. The van der Waals surface area contributed by atoms with Gasteiger partial charge in [0.05, 0.1) is 13.2 Å². The number of hydrogen-bond donors (Lipinski definition) is 4. The molecule has 132 valence electrons. The van der Waals surface area contributed by atoms with Crippen LogP contribution in [0.25, 0.3) is 0 Å². The third-order valence-electron chi connectivity index (χ3n) is 3.64. The van der Waals surface area contributed by atoms with Gasteiger partial charge in [0.15, 0.2) is 0 Å². The molecule has 2 aromatic carbocycles. The lowest BCUT2D eigenvalue weighted by atomic mass is 10.1. The molecule has 0 unspecified atom stereocenters. The van der Waals surface area contributed by atoms with E-state index in [1.807, 2.05) is 0 Å². The van der Waals surface area contributed by atoms with Gasteiger partial charge in [-0.15, -0.1) is 0 Å². The van der Waals surface area contributed by atoms with Crippen LogP contribution in [0, 0.1) is 0 Å². The standard InChI is InChI=1S/C18H21N3O4/c1-25-15-8-6-13(7-9-15)16(22)11-20-17(23)14-4-2-12(3-5-14)10-21-18(19)24/h2-9,16,22H,10-11H2,1H3,(H,20,23)(H3,19,21,24)/t16-/m0/s1. The average Bonchev–Trinajstić information content (AvgIpc) is 2.64. The fraction of sp³-hybridized carbons (Fsp3) is 0.222. The third-order valence-corrected chi connectivity index (χ3v) is 3.64. The van der Waals surface area contributed by atoms with Crippen molar-refractivity contribution in [3.63, 3.8) is 0 Å². The molecule has 0 radical (unpaired) electrons. The van der Waals surface area contributed by atoms with Crippen LogP contribution in [-0.4, -0.2) is 30.7 Å². The highest BCUT2D eigenvalue weighted by atomic mass is 16.5. The average molecular weight is 343 g/mol. The molecule has 2 rings (SSSR count). The van der Waals surface area contributed by atoms with Gasteiger partial charge in [-0.1, -0.05) is 24.3 Å². The number of ether oxygens (including phenoxy) is 1. The van der Waals surface area contributed by atoms with Gasteiger partial charge in [0.25, 0.3) is 5.91 Å². The molecule has 0 aliphatic heterocycles. The maximum absolute atomic E-state index is 12.1. The van der Waals surface area contributed by atoms with Crippen LogP contribution in [0.2, 0.25) is 0 Å². The van der Waals surface area contributed by atoms with Gasteiger partial charge in [-0.05, 0) is 35.4 Å². The number of benzene rings is 2. The number of urea groups is 1. The summed E-state index contributed by atoms with van der Waals surface area (Å²) in [6, 6.07) is 13.1. The molecule has 0 heterocycles. The van der Waals surface area contributed by atoms with Crippen LogP contribution in [0.15, 0.2) is 48.5 Å². The van der Waals surface area contributed by atoms with Crippen LogP contribution in [0.3, 0.4) is 0 Å². The highest BCUT2D eigenvalue weighted by Crippen LogP contribution is 2.17. The van der Waals surface area contributed by atoms with Crippen molar-refractivity contribution < 1.29 is 19.4 Å². The normalized spacial score (nSPS) is 11.4. The zero-order valence-corrected chi connectivity index (χ0v) is 13.9. The molecule has 0 aliphatic carbocycles. The number of nitrogens with one attached hydrogen (secondary N) is 2. The van der Waals surface area contributed by atoms with Crippen LogP contribution in [0.1, 0.15) is 27.6 Å². The van der Waals surface area contributed by atoms with Gasteiger partial charge in [0.2, 0.25) is 0 Å².